The summed E-state index contributed by atoms with van der Waals surface area (Å²) in [6.45, 7) is 5.46. The predicted octanol–water partition coefficient (Wildman–Crippen LogP) is 1.97. The Morgan fingerprint density at radius 2 is 2.04 bits per heavy atom. The van der Waals surface area contributed by atoms with Gasteiger partial charge in [0.25, 0.3) is 5.91 Å². The number of hydrogen-bond donors (Lipinski definition) is 0. The predicted molar refractivity (Wildman–Crippen MR) is 92.8 cm³/mol. The summed E-state index contributed by atoms with van der Waals surface area (Å²) in [5.74, 6) is -0.389. The van der Waals surface area contributed by atoms with Crippen molar-refractivity contribution >= 4 is 12.0 Å². The van der Waals surface area contributed by atoms with Crippen molar-refractivity contribution in [1.82, 2.24) is 19.9 Å². The molecule has 0 aliphatic carbocycles. The maximum absolute atomic E-state index is 12.5. The summed E-state index contributed by atoms with van der Waals surface area (Å²) < 4.78 is 10.7. The number of imide groups is 1. The lowest BCUT2D eigenvalue weighted by Gasteiger charge is -2.35. The Hall–Kier alpha value is -2.74. The third-order valence-electron chi connectivity index (χ3n) is 3.79. The molecule has 2 heterocycles. The summed E-state index contributed by atoms with van der Waals surface area (Å²) in [5.41, 5.74) is 1.07. The number of amides is 2. The number of nitrogens with zero attached hydrogens (tertiary/aromatic N) is 4. The van der Waals surface area contributed by atoms with Crippen LogP contribution < -0.4 is 0 Å². The molecule has 1 fully saturated rings. The smallest absolute Gasteiger partial charge is 0.417 e. The molecule has 1 atom stereocenters. The minimum Gasteiger partial charge on any atom is -0.443 e. The molecule has 26 heavy (non-hydrogen) atoms. The molecule has 1 aliphatic rings. The number of carbonyl (C=O) groups excluding carboxylic acids is 2. The fraction of sp³-hybridized carbons (Fsp3) is 0.444. The van der Waals surface area contributed by atoms with Gasteiger partial charge in [0.1, 0.15) is 12.2 Å². The fourth-order valence-electron chi connectivity index (χ4n) is 2.77. The van der Waals surface area contributed by atoms with Gasteiger partial charge in [-0.15, -0.1) is 0 Å². The molecule has 0 spiro atoms. The van der Waals surface area contributed by atoms with Gasteiger partial charge in [0.05, 0.1) is 30.7 Å². The van der Waals surface area contributed by atoms with E-state index in [1.807, 2.05) is 24.3 Å². The van der Waals surface area contributed by atoms with Crippen LogP contribution in [0.25, 0.3) is 5.69 Å². The molecule has 1 aromatic heterocycles. The van der Waals surface area contributed by atoms with Gasteiger partial charge in [0, 0.05) is 0 Å². The van der Waals surface area contributed by atoms with Crippen molar-refractivity contribution in [2.24, 2.45) is 0 Å². The molecule has 2 aromatic rings. The van der Waals surface area contributed by atoms with Gasteiger partial charge in [-0.3, -0.25) is 4.79 Å². The van der Waals surface area contributed by atoms with Gasteiger partial charge in [-0.25, -0.2) is 9.69 Å². The third-order valence-corrected chi connectivity index (χ3v) is 3.79. The van der Waals surface area contributed by atoms with Crippen LogP contribution in [-0.4, -0.2) is 56.8 Å². The van der Waals surface area contributed by atoms with E-state index >= 15 is 0 Å². The van der Waals surface area contributed by atoms with Crippen LogP contribution in [0.15, 0.2) is 36.7 Å². The summed E-state index contributed by atoms with van der Waals surface area (Å²) in [5, 5.41) is 8.22. The lowest BCUT2D eigenvalue weighted by molar-refractivity contribution is -0.146. The molecule has 3 rings (SSSR count). The van der Waals surface area contributed by atoms with E-state index in [4.69, 9.17) is 9.47 Å². The normalized spacial score (nSPS) is 18.0. The maximum atomic E-state index is 12.5. The van der Waals surface area contributed by atoms with Crippen molar-refractivity contribution in [3.8, 4) is 5.69 Å². The Morgan fingerprint density at radius 3 is 2.73 bits per heavy atom. The van der Waals surface area contributed by atoms with E-state index in [0.29, 0.717) is 6.42 Å². The minimum atomic E-state index is -0.675. The fourth-order valence-corrected chi connectivity index (χ4v) is 2.77. The third kappa shape index (κ3) is 4.26. The number of aromatic nitrogens is 3. The SMILES string of the molecule is CC(C)(C)OC(=O)N1C(=O)COCC1Cc1cccc(-n2nccn2)c1. The zero-order valence-corrected chi connectivity index (χ0v) is 15.1. The van der Waals surface area contributed by atoms with E-state index in [-0.39, 0.29) is 19.1 Å². The molecule has 8 heteroatoms. The topological polar surface area (TPSA) is 86.5 Å². The number of morpholine rings is 1. The number of hydrogen-bond acceptors (Lipinski definition) is 6. The highest BCUT2D eigenvalue weighted by Gasteiger charge is 2.36. The zero-order valence-electron chi connectivity index (χ0n) is 15.1. The molecule has 138 valence electrons. The van der Waals surface area contributed by atoms with Crippen molar-refractivity contribution < 1.29 is 19.1 Å². The van der Waals surface area contributed by atoms with E-state index in [1.54, 1.807) is 33.2 Å². The average molecular weight is 358 g/mol. The van der Waals surface area contributed by atoms with Crippen molar-refractivity contribution in [3.05, 3.63) is 42.2 Å². The summed E-state index contributed by atoms with van der Waals surface area (Å²) in [6, 6.07) is 7.20. The maximum Gasteiger partial charge on any atom is 0.417 e. The Balaban J connectivity index is 1.79. The minimum absolute atomic E-state index is 0.118. The van der Waals surface area contributed by atoms with Gasteiger partial charge < -0.3 is 9.47 Å². The van der Waals surface area contributed by atoms with Gasteiger partial charge >= 0.3 is 6.09 Å². The van der Waals surface area contributed by atoms with Crippen LogP contribution in [-0.2, 0) is 20.7 Å². The van der Waals surface area contributed by atoms with Gasteiger partial charge in [-0.2, -0.15) is 15.0 Å². The molecule has 0 N–H and O–H groups in total. The lowest BCUT2D eigenvalue weighted by atomic mass is 10.0. The molecule has 1 unspecified atom stereocenters. The first-order chi connectivity index (χ1) is 12.3. The first-order valence-electron chi connectivity index (χ1n) is 8.42. The highest BCUT2D eigenvalue weighted by atomic mass is 16.6. The van der Waals surface area contributed by atoms with Crippen molar-refractivity contribution in [2.75, 3.05) is 13.2 Å². The monoisotopic (exact) mass is 358 g/mol. The van der Waals surface area contributed by atoms with E-state index in [0.717, 1.165) is 11.3 Å². The first-order valence-corrected chi connectivity index (χ1v) is 8.42. The highest BCUT2D eigenvalue weighted by molar-refractivity contribution is 5.93. The van der Waals surface area contributed by atoms with Gasteiger partial charge in [-0.1, -0.05) is 12.1 Å². The molecular formula is C18H22N4O4. The van der Waals surface area contributed by atoms with Crippen molar-refractivity contribution in [1.29, 1.82) is 0 Å². The van der Waals surface area contributed by atoms with Crippen LogP contribution in [0.4, 0.5) is 4.79 Å². The second-order valence-corrected chi connectivity index (χ2v) is 7.11. The molecule has 0 bridgehead atoms. The molecule has 0 radical (unpaired) electrons. The zero-order chi connectivity index (χ0) is 18.7. The number of carbonyl (C=O) groups is 2. The van der Waals surface area contributed by atoms with Crippen LogP contribution in [0.1, 0.15) is 26.3 Å². The van der Waals surface area contributed by atoms with Crippen LogP contribution in [0.3, 0.4) is 0 Å². The number of ether oxygens (including phenoxy) is 2. The summed E-state index contributed by atoms with van der Waals surface area (Å²) in [4.78, 5) is 27.4. The molecule has 8 nitrogen and oxygen atoms in total. The Kier molecular flexibility index (Phi) is 5.03. The highest BCUT2D eigenvalue weighted by Crippen LogP contribution is 2.19. The van der Waals surface area contributed by atoms with Crippen molar-refractivity contribution in [3.63, 3.8) is 0 Å². The first kappa shape index (κ1) is 18.1. The van der Waals surface area contributed by atoms with Crippen LogP contribution >= 0.6 is 0 Å². The van der Waals surface area contributed by atoms with Crippen molar-refractivity contribution in [2.45, 2.75) is 38.8 Å². The Morgan fingerprint density at radius 1 is 1.31 bits per heavy atom. The molecule has 2 amide bonds. The Bertz CT molecular complexity index is 783. The summed E-state index contributed by atoms with van der Waals surface area (Å²) in [6.07, 6.45) is 3.02. The average Bonchev–Trinajstić information content (AvgIpc) is 3.08. The molecule has 1 aliphatic heterocycles. The van der Waals surface area contributed by atoms with E-state index < -0.39 is 17.7 Å². The van der Waals surface area contributed by atoms with E-state index in [2.05, 4.69) is 10.2 Å². The van der Waals surface area contributed by atoms with Crippen LogP contribution in [0.2, 0.25) is 0 Å². The lowest BCUT2D eigenvalue weighted by Crippen LogP contribution is -2.54. The van der Waals surface area contributed by atoms with Crippen LogP contribution in [0.5, 0.6) is 0 Å². The molecular weight excluding hydrogens is 336 g/mol. The molecule has 0 saturated carbocycles. The number of benzene rings is 1. The van der Waals surface area contributed by atoms with Gasteiger partial charge in [-0.05, 0) is 44.9 Å². The summed E-state index contributed by atoms with van der Waals surface area (Å²) >= 11 is 0. The summed E-state index contributed by atoms with van der Waals surface area (Å²) in [7, 11) is 0. The second kappa shape index (κ2) is 7.25. The quantitative estimate of drug-likeness (QED) is 0.834. The van der Waals surface area contributed by atoms with Gasteiger partial charge in [0.2, 0.25) is 0 Å². The van der Waals surface area contributed by atoms with Crippen LogP contribution in [0, 0.1) is 0 Å². The molecule has 1 saturated heterocycles. The number of rotatable bonds is 3. The van der Waals surface area contributed by atoms with Gasteiger partial charge in [0.15, 0.2) is 0 Å². The standard InChI is InChI=1S/C18H22N4O4/c1-18(2,3)26-17(24)21-15(11-25-12-16(21)23)10-13-5-4-6-14(9-13)22-19-7-8-20-22/h4-9,15H,10-12H2,1-3H3. The largest absolute Gasteiger partial charge is 0.443 e. The van der Waals surface area contributed by atoms with E-state index in [9.17, 15) is 9.59 Å². The Labute approximate surface area is 151 Å². The second-order valence-electron chi connectivity index (χ2n) is 7.11. The van der Waals surface area contributed by atoms with E-state index in [1.165, 1.54) is 9.70 Å². The molecule has 1 aromatic carbocycles.